The molecular formula is C19H32N2. The summed E-state index contributed by atoms with van der Waals surface area (Å²) in [6.45, 7) is 13.7. The van der Waals surface area contributed by atoms with Crippen LogP contribution in [0.3, 0.4) is 0 Å². The van der Waals surface area contributed by atoms with Crippen LogP contribution in [0.25, 0.3) is 0 Å². The van der Waals surface area contributed by atoms with Crippen molar-refractivity contribution in [2.24, 2.45) is 5.41 Å². The van der Waals surface area contributed by atoms with Crippen molar-refractivity contribution < 1.29 is 0 Å². The number of anilines is 1. The van der Waals surface area contributed by atoms with Crippen LogP contribution in [-0.4, -0.2) is 19.1 Å². The Bertz CT molecular complexity index is 483. The SMILES string of the molecule is CN1CCCc2cc(CNC(C)(C)CC(C)(C)C)ccc21. The smallest absolute Gasteiger partial charge is 0.0396 e. The standard InChI is InChI=1S/C19H32N2/c1-18(2,3)14-19(4,5)20-13-15-9-10-17-16(12-15)8-7-11-21(17)6/h9-10,12,20H,7-8,11,13-14H2,1-6H3. The molecule has 0 radical (unpaired) electrons. The Morgan fingerprint density at radius 2 is 1.86 bits per heavy atom. The van der Waals surface area contributed by atoms with Gasteiger partial charge in [0.2, 0.25) is 0 Å². The summed E-state index contributed by atoms with van der Waals surface area (Å²) in [5.41, 5.74) is 4.86. The fourth-order valence-corrected chi connectivity index (χ4v) is 3.68. The van der Waals surface area contributed by atoms with Crippen LogP contribution in [0, 0.1) is 5.41 Å². The molecular weight excluding hydrogens is 256 g/mol. The van der Waals surface area contributed by atoms with Gasteiger partial charge in [-0.2, -0.15) is 0 Å². The molecule has 0 spiro atoms. The van der Waals surface area contributed by atoms with E-state index >= 15 is 0 Å². The highest BCUT2D eigenvalue weighted by molar-refractivity contribution is 5.56. The van der Waals surface area contributed by atoms with Crippen molar-refractivity contribution in [3.05, 3.63) is 29.3 Å². The van der Waals surface area contributed by atoms with Crippen LogP contribution >= 0.6 is 0 Å². The van der Waals surface area contributed by atoms with E-state index in [1.807, 2.05) is 0 Å². The molecule has 1 aliphatic rings. The highest BCUT2D eigenvalue weighted by Crippen LogP contribution is 2.29. The van der Waals surface area contributed by atoms with Crippen LogP contribution in [-0.2, 0) is 13.0 Å². The Hall–Kier alpha value is -1.02. The monoisotopic (exact) mass is 288 g/mol. The van der Waals surface area contributed by atoms with Gasteiger partial charge in [0.25, 0.3) is 0 Å². The zero-order valence-electron chi connectivity index (χ0n) is 14.7. The molecule has 1 aliphatic heterocycles. The summed E-state index contributed by atoms with van der Waals surface area (Å²) >= 11 is 0. The van der Waals surface area contributed by atoms with Gasteiger partial charge < -0.3 is 10.2 Å². The number of fused-ring (bicyclic) bond motifs is 1. The number of hydrogen-bond acceptors (Lipinski definition) is 2. The van der Waals surface area contributed by atoms with Crippen LogP contribution in [0.15, 0.2) is 18.2 Å². The third kappa shape index (κ3) is 4.74. The third-order valence-corrected chi connectivity index (χ3v) is 4.24. The number of nitrogens with zero attached hydrogens (tertiary/aromatic N) is 1. The zero-order chi connectivity index (χ0) is 15.7. The fraction of sp³-hybridized carbons (Fsp3) is 0.684. The van der Waals surface area contributed by atoms with E-state index in [2.05, 4.69) is 70.1 Å². The molecule has 2 nitrogen and oxygen atoms in total. The quantitative estimate of drug-likeness (QED) is 0.885. The van der Waals surface area contributed by atoms with E-state index in [0.717, 1.165) is 6.54 Å². The third-order valence-electron chi connectivity index (χ3n) is 4.24. The molecule has 0 atom stereocenters. The minimum atomic E-state index is 0.172. The summed E-state index contributed by atoms with van der Waals surface area (Å²) in [7, 11) is 2.20. The van der Waals surface area contributed by atoms with E-state index in [4.69, 9.17) is 0 Å². The Morgan fingerprint density at radius 3 is 2.52 bits per heavy atom. The molecule has 1 heterocycles. The van der Waals surface area contributed by atoms with Crippen LogP contribution in [0.2, 0.25) is 0 Å². The molecule has 1 aromatic rings. The fourth-order valence-electron chi connectivity index (χ4n) is 3.68. The predicted octanol–water partition coefficient (Wildman–Crippen LogP) is 4.37. The van der Waals surface area contributed by atoms with Crippen LogP contribution in [0.5, 0.6) is 0 Å². The summed E-state index contributed by atoms with van der Waals surface area (Å²) in [5.74, 6) is 0. The number of nitrogens with one attached hydrogen (secondary N) is 1. The second-order valence-corrected chi connectivity index (χ2v) is 8.46. The molecule has 2 rings (SSSR count). The van der Waals surface area contributed by atoms with Gasteiger partial charge in [0.15, 0.2) is 0 Å². The Kier molecular flexibility index (Phi) is 4.67. The van der Waals surface area contributed by atoms with Gasteiger partial charge in [0, 0.05) is 31.4 Å². The van der Waals surface area contributed by atoms with E-state index in [-0.39, 0.29) is 5.54 Å². The molecule has 118 valence electrons. The lowest BCUT2D eigenvalue weighted by atomic mass is 9.81. The number of rotatable bonds is 4. The normalized spacial score (nSPS) is 16.0. The van der Waals surface area contributed by atoms with Crippen molar-refractivity contribution >= 4 is 5.69 Å². The molecule has 1 N–H and O–H groups in total. The predicted molar refractivity (Wildman–Crippen MR) is 93.0 cm³/mol. The molecule has 0 saturated heterocycles. The first-order valence-electron chi connectivity index (χ1n) is 8.24. The van der Waals surface area contributed by atoms with Gasteiger partial charge in [0.05, 0.1) is 0 Å². The van der Waals surface area contributed by atoms with Crippen LogP contribution < -0.4 is 10.2 Å². The van der Waals surface area contributed by atoms with Gasteiger partial charge in [-0.1, -0.05) is 32.9 Å². The first-order valence-corrected chi connectivity index (χ1v) is 8.24. The summed E-state index contributed by atoms with van der Waals surface area (Å²) in [5, 5.41) is 3.74. The van der Waals surface area contributed by atoms with E-state index < -0.39 is 0 Å². The van der Waals surface area contributed by atoms with Crippen molar-refractivity contribution in [1.29, 1.82) is 0 Å². The molecule has 0 aromatic heterocycles. The summed E-state index contributed by atoms with van der Waals surface area (Å²) in [6.07, 6.45) is 3.67. The second-order valence-electron chi connectivity index (χ2n) is 8.46. The molecule has 1 aromatic carbocycles. The molecule has 2 heteroatoms. The van der Waals surface area contributed by atoms with Gasteiger partial charge in [-0.05, 0) is 55.7 Å². The van der Waals surface area contributed by atoms with E-state index in [9.17, 15) is 0 Å². The molecule has 0 unspecified atom stereocenters. The Balaban J connectivity index is 2.01. The molecule has 0 amide bonds. The maximum atomic E-state index is 3.74. The first-order chi connectivity index (χ1) is 9.66. The molecule has 0 fully saturated rings. The van der Waals surface area contributed by atoms with Crippen LogP contribution in [0.1, 0.15) is 58.6 Å². The van der Waals surface area contributed by atoms with Crippen molar-refractivity contribution in [2.75, 3.05) is 18.5 Å². The summed E-state index contributed by atoms with van der Waals surface area (Å²) in [4.78, 5) is 2.37. The van der Waals surface area contributed by atoms with Gasteiger partial charge >= 0.3 is 0 Å². The summed E-state index contributed by atoms with van der Waals surface area (Å²) in [6, 6.07) is 6.97. The zero-order valence-corrected chi connectivity index (χ0v) is 14.7. The number of aryl methyl sites for hydroxylation is 1. The lowest BCUT2D eigenvalue weighted by molar-refractivity contribution is 0.240. The minimum absolute atomic E-state index is 0.172. The second kappa shape index (κ2) is 6.00. The van der Waals surface area contributed by atoms with Crippen molar-refractivity contribution in [1.82, 2.24) is 5.32 Å². The van der Waals surface area contributed by atoms with E-state index in [1.165, 1.54) is 42.6 Å². The lowest BCUT2D eigenvalue weighted by Crippen LogP contribution is -2.41. The average Bonchev–Trinajstić information content (AvgIpc) is 2.34. The molecule has 0 aliphatic carbocycles. The molecule has 0 saturated carbocycles. The largest absolute Gasteiger partial charge is 0.374 e. The lowest BCUT2D eigenvalue weighted by Gasteiger charge is -2.34. The first kappa shape index (κ1) is 16.4. The highest BCUT2D eigenvalue weighted by Gasteiger charge is 2.24. The average molecular weight is 288 g/mol. The maximum Gasteiger partial charge on any atom is 0.0396 e. The maximum absolute atomic E-state index is 3.74. The number of hydrogen-bond donors (Lipinski definition) is 1. The number of benzene rings is 1. The minimum Gasteiger partial charge on any atom is -0.374 e. The van der Waals surface area contributed by atoms with Gasteiger partial charge in [0.1, 0.15) is 0 Å². The topological polar surface area (TPSA) is 15.3 Å². The van der Waals surface area contributed by atoms with Crippen molar-refractivity contribution in [2.45, 2.75) is 66.0 Å². The highest BCUT2D eigenvalue weighted by atomic mass is 15.1. The molecule has 0 bridgehead atoms. The summed E-state index contributed by atoms with van der Waals surface area (Å²) < 4.78 is 0. The van der Waals surface area contributed by atoms with E-state index in [1.54, 1.807) is 0 Å². The van der Waals surface area contributed by atoms with E-state index in [0.29, 0.717) is 5.41 Å². The Morgan fingerprint density at radius 1 is 1.14 bits per heavy atom. The molecule has 21 heavy (non-hydrogen) atoms. The van der Waals surface area contributed by atoms with Crippen LogP contribution in [0.4, 0.5) is 5.69 Å². The van der Waals surface area contributed by atoms with Crippen molar-refractivity contribution in [3.63, 3.8) is 0 Å². The van der Waals surface area contributed by atoms with Crippen molar-refractivity contribution in [3.8, 4) is 0 Å². The van der Waals surface area contributed by atoms with Gasteiger partial charge in [-0.15, -0.1) is 0 Å². The Labute approximate surface area is 130 Å². The van der Waals surface area contributed by atoms with Gasteiger partial charge in [-0.25, -0.2) is 0 Å². The van der Waals surface area contributed by atoms with Gasteiger partial charge in [-0.3, -0.25) is 0 Å².